The first-order chi connectivity index (χ1) is 16.1. The Kier molecular flexibility index (Phi) is 6.72. The molecule has 2 N–H and O–H groups in total. The SMILES string of the molecule is C[C@H]1COCCN1c1cc(C2(S(C)(=O)=O)CC2)nc(-c2ccc(NC(=O)NCC(F)F)cc2)n1. The number of sulfone groups is 1. The number of carbonyl (C=O) groups excluding carboxylic acids is 1. The van der Waals surface area contributed by atoms with E-state index < -0.39 is 33.6 Å². The van der Waals surface area contributed by atoms with Gasteiger partial charge in [-0.1, -0.05) is 0 Å². The van der Waals surface area contributed by atoms with Gasteiger partial charge in [0.05, 0.1) is 31.5 Å². The summed E-state index contributed by atoms with van der Waals surface area (Å²) in [6.45, 7) is 2.99. The number of amides is 2. The van der Waals surface area contributed by atoms with E-state index in [-0.39, 0.29) is 6.04 Å². The van der Waals surface area contributed by atoms with Crippen LogP contribution >= 0.6 is 0 Å². The minimum absolute atomic E-state index is 0.0658. The normalized spacial score (nSPS) is 19.7. The second kappa shape index (κ2) is 9.41. The van der Waals surface area contributed by atoms with Crippen LogP contribution in [0.25, 0.3) is 11.4 Å². The third kappa shape index (κ3) is 5.12. The van der Waals surface area contributed by atoms with Gasteiger partial charge in [-0.05, 0) is 44.0 Å². The largest absolute Gasteiger partial charge is 0.377 e. The fourth-order valence-corrected chi connectivity index (χ4v) is 5.32. The van der Waals surface area contributed by atoms with Crippen LogP contribution in [0.15, 0.2) is 30.3 Å². The zero-order chi connectivity index (χ0) is 24.5. The summed E-state index contributed by atoms with van der Waals surface area (Å²) in [4.78, 5) is 23.2. The van der Waals surface area contributed by atoms with Crippen molar-refractivity contribution in [3.63, 3.8) is 0 Å². The Morgan fingerprint density at radius 2 is 1.97 bits per heavy atom. The van der Waals surface area contributed by atoms with E-state index in [1.54, 1.807) is 30.3 Å². The fraction of sp³-hybridized carbons (Fsp3) is 0.500. The molecule has 1 aliphatic heterocycles. The van der Waals surface area contributed by atoms with Crippen molar-refractivity contribution in [1.29, 1.82) is 0 Å². The molecule has 1 saturated heterocycles. The van der Waals surface area contributed by atoms with Crippen LogP contribution in [0.2, 0.25) is 0 Å². The van der Waals surface area contributed by atoms with E-state index in [4.69, 9.17) is 9.72 Å². The molecule has 2 fully saturated rings. The van der Waals surface area contributed by atoms with Gasteiger partial charge in [0, 0.05) is 30.1 Å². The van der Waals surface area contributed by atoms with E-state index in [1.807, 2.05) is 6.92 Å². The molecule has 12 heteroatoms. The van der Waals surface area contributed by atoms with Crippen LogP contribution < -0.4 is 15.5 Å². The summed E-state index contributed by atoms with van der Waals surface area (Å²) in [6, 6.07) is 7.68. The van der Waals surface area contributed by atoms with Crippen LogP contribution in [0.4, 0.5) is 25.1 Å². The molecule has 2 heterocycles. The van der Waals surface area contributed by atoms with E-state index in [1.165, 1.54) is 6.26 Å². The predicted octanol–water partition coefficient (Wildman–Crippen LogP) is 2.79. The van der Waals surface area contributed by atoms with Crippen molar-refractivity contribution >= 4 is 27.4 Å². The lowest BCUT2D eigenvalue weighted by molar-refractivity contribution is 0.0985. The highest BCUT2D eigenvalue weighted by Crippen LogP contribution is 2.52. The van der Waals surface area contributed by atoms with Crippen LogP contribution in [0.1, 0.15) is 25.5 Å². The van der Waals surface area contributed by atoms with Gasteiger partial charge in [-0.15, -0.1) is 0 Å². The number of anilines is 2. The predicted molar refractivity (Wildman–Crippen MR) is 124 cm³/mol. The van der Waals surface area contributed by atoms with Crippen LogP contribution in [-0.4, -0.2) is 69.4 Å². The number of nitrogens with zero attached hydrogens (tertiary/aromatic N) is 3. The van der Waals surface area contributed by atoms with Gasteiger partial charge in [0.1, 0.15) is 10.6 Å². The maximum atomic E-state index is 12.6. The van der Waals surface area contributed by atoms with Crippen molar-refractivity contribution in [2.45, 2.75) is 37.0 Å². The number of alkyl halides is 2. The maximum absolute atomic E-state index is 12.6. The van der Waals surface area contributed by atoms with E-state index in [0.29, 0.717) is 61.2 Å². The number of aromatic nitrogens is 2. The Morgan fingerprint density at radius 1 is 1.26 bits per heavy atom. The highest BCUT2D eigenvalue weighted by atomic mass is 32.2. The van der Waals surface area contributed by atoms with E-state index in [9.17, 15) is 22.0 Å². The zero-order valence-electron chi connectivity index (χ0n) is 18.9. The summed E-state index contributed by atoms with van der Waals surface area (Å²) in [6.07, 6.45) is -0.380. The second-order valence-electron chi connectivity index (χ2n) is 8.62. The lowest BCUT2D eigenvalue weighted by Crippen LogP contribution is -2.44. The third-order valence-electron chi connectivity index (χ3n) is 6.07. The van der Waals surface area contributed by atoms with E-state index in [0.717, 1.165) is 0 Å². The fourth-order valence-electron chi connectivity index (χ4n) is 3.99. The maximum Gasteiger partial charge on any atom is 0.319 e. The molecule has 9 nitrogen and oxygen atoms in total. The average Bonchev–Trinajstić information content (AvgIpc) is 3.61. The number of hydrogen-bond acceptors (Lipinski definition) is 7. The highest BCUT2D eigenvalue weighted by molar-refractivity contribution is 7.91. The molecule has 0 radical (unpaired) electrons. The van der Waals surface area contributed by atoms with Crippen molar-refractivity contribution in [2.24, 2.45) is 0 Å². The minimum Gasteiger partial charge on any atom is -0.377 e. The van der Waals surface area contributed by atoms with Gasteiger partial charge in [0.25, 0.3) is 6.43 Å². The summed E-state index contributed by atoms with van der Waals surface area (Å²) in [5.74, 6) is 1.01. The number of nitrogens with one attached hydrogen (secondary N) is 2. The molecule has 1 aromatic heterocycles. The molecule has 0 bridgehead atoms. The molecule has 34 heavy (non-hydrogen) atoms. The smallest absolute Gasteiger partial charge is 0.319 e. The molecule has 0 spiro atoms. The van der Waals surface area contributed by atoms with Gasteiger partial charge in [-0.2, -0.15) is 0 Å². The number of urea groups is 1. The molecular formula is C22H27F2N5O4S. The van der Waals surface area contributed by atoms with Crippen molar-refractivity contribution in [1.82, 2.24) is 15.3 Å². The van der Waals surface area contributed by atoms with Crippen LogP contribution in [-0.2, 0) is 19.3 Å². The Bertz CT molecular complexity index is 1160. The highest BCUT2D eigenvalue weighted by Gasteiger charge is 2.55. The average molecular weight is 496 g/mol. The summed E-state index contributed by atoms with van der Waals surface area (Å²) >= 11 is 0. The molecule has 2 aliphatic rings. The number of ether oxygens (including phenoxy) is 1. The molecule has 4 rings (SSSR count). The van der Waals surface area contributed by atoms with Crippen molar-refractivity contribution in [2.75, 3.05) is 42.8 Å². The molecular weight excluding hydrogens is 468 g/mol. The number of rotatable bonds is 7. The summed E-state index contributed by atoms with van der Waals surface area (Å²) in [5.41, 5.74) is 1.51. The third-order valence-corrected chi connectivity index (χ3v) is 8.11. The minimum atomic E-state index is -3.38. The summed E-state index contributed by atoms with van der Waals surface area (Å²) in [7, 11) is -3.38. The van der Waals surface area contributed by atoms with Crippen molar-refractivity contribution in [3.8, 4) is 11.4 Å². The lowest BCUT2D eigenvalue weighted by Gasteiger charge is -2.34. The number of halogens is 2. The van der Waals surface area contributed by atoms with E-state index in [2.05, 4.69) is 20.5 Å². The quantitative estimate of drug-likeness (QED) is 0.607. The number of benzene rings is 1. The Balaban J connectivity index is 1.65. The first kappa shape index (κ1) is 24.3. The summed E-state index contributed by atoms with van der Waals surface area (Å²) < 4.78 is 54.2. The Hall–Kier alpha value is -2.86. The van der Waals surface area contributed by atoms with Crippen LogP contribution in [0, 0.1) is 0 Å². The molecule has 1 aromatic carbocycles. The Labute approximate surface area is 196 Å². The molecule has 1 aliphatic carbocycles. The second-order valence-corrected chi connectivity index (χ2v) is 10.9. The lowest BCUT2D eigenvalue weighted by atomic mass is 10.1. The molecule has 2 amide bonds. The molecule has 1 saturated carbocycles. The first-order valence-electron chi connectivity index (χ1n) is 11.0. The molecule has 184 valence electrons. The Morgan fingerprint density at radius 3 is 2.56 bits per heavy atom. The number of carbonyl (C=O) groups is 1. The molecule has 0 unspecified atom stereocenters. The summed E-state index contributed by atoms with van der Waals surface area (Å²) in [5, 5.41) is 4.56. The van der Waals surface area contributed by atoms with Gasteiger partial charge in [0.2, 0.25) is 0 Å². The van der Waals surface area contributed by atoms with Gasteiger partial charge in [-0.25, -0.2) is 32.0 Å². The number of hydrogen-bond donors (Lipinski definition) is 2. The monoisotopic (exact) mass is 495 g/mol. The van der Waals surface area contributed by atoms with Crippen molar-refractivity contribution in [3.05, 3.63) is 36.0 Å². The van der Waals surface area contributed by atoms with E-state index >= 15 is 0 Å². The number of morpholine rings is 1. The van der Waals surface area contributed by atoms with Gasteiger partial charge in [-0.3, -0.25) is 0 Å². The van der Waals surface area contributed by atoms with Crippen LogP contribution in [0.3, 0.4) is 0 Å². The van der Waals surface area contributed by atoms with Gasteiger partial charge >= 0.3 is 6.03 Å². The standard InChI is InChI=1S/C22H27F2N5O4S/c1-14-13-33-10-9-29(14)19-11-17(22(7-8-22)34(2,31)32)27-20(28-19)15-3-5-16(6-4-15)26-21(30)25-12-18(23)24/h3-6,11,14,18H,7-10,12-13H2,1-2H3,(H2,25,26,30)/t14-/m0/s1. The molecule has 1 atom stereocenters. The van der Waals surface area contributed by atoms with Crippen LogP contribution in [0.5, 0.6) is 0 Å². The molecule has 2 aromatic rings. The topological polar surface area (TPSA) is 114 Å². The first-order valence-corrected chi connectivity index (χ1v) is 12.9. The van der Waals surface area contributed by atoms with Crippen molar-refractivity contribution < 1.29 is 26.7 Å². The van der Waals surface area contributed by atoms with Gasteiger partial charge in [0.15, 0.2) is 15.7 Å². The zero-order valence-corrected chi connectivity index (χ0v) is 19.7. The van der Waals surface area contributed by atoms with Gasteiger partial charge < -0.3 is 20.3 Å².